The number of benzene rings is 1. The van der Waals surface area contributed by atoms with Gasteiger partial charge in [-0.1, -0.05) is 6.07 Å². The van der Waals surface area contributed by atoms with Crippen LogP contribution >= 0.6 is 0 Å². The number of hydrogen-bond donors (Lipinski definition) is 2. The van der Waals surface area contributed by atoms with Crippen LogP contribution in [0.15, 0.2) is 48.8 Å². The van der Waals surface area contributed by atoms with E-state index in [1.54, 1.807) is 18.3 Å². The molecule has 4 N–H and O–H groups in total. The van der Waals surface area contributed by atoms with Crippen molar-refractivity contribution in [2.75, 3.05) is 5.73 Å². The molecule has 2 aromatic heterocycles. The van der Waals surface area contributed by atoms with Crippen molar-refractivity contribution in [3.8, 4) is 0 Å². The minimum atomic E-state index is -0.675. The van der Waals surface area contributed by atoms with E-state index in [1.807, 2.05) is 12.1 Å². The van der Waals surface area contributed by atoms with Gasteiger partial charge in [-0.25, -0.2) is 0 Å². The predicted octanol–water partition coefficient (Wildman–Crippen LogP) is 1.41. The number of fused-ring (bicyclic) bond motifs is 1. The smallest absolute Gasteiger partial charge is 0.267 e. The van der Waals surface area contributed by atoms with E-state index in [-0.39, 0.29) is 11.6 Å². The first kappa shape index (κ1) is 12.9. The molecule has 0 fully saturated rings. The van der Waals surface area contributed by atoms with Gasteiger partial charge in [0.2, 0.25) is 0 Å². The van der Waals surface area contributed by atoms with Gasteiger partial charge in [0, 0.05) is 29.0 Å². The van der Waals surface area contributed by atoms with Crippen LogP contribution in [0.4, 0.5) is 5.69 Å². The molecule has 104 valence electrons. The molecule has 0 radical (unpaired) electrons. The first-order valence-electron chi connectivity index (χ1n) is 6.23. The fourth-order valence-electron chi connectivity index (χ4n) is 2.16. The number of nitrogens with zero attached hydrogens (tertiary/aromatic N) is 2. The molecule has 3 aromatic rings. The Hall–Kier alpha value is -3.15. The van der Waals surface area contributed by atoms with Gasteiger partial charge >= 0.3 is 0 Å². The van der Waals surface area contributed by atoms with Crippen molar-refractivity contribution in [3.05, 3.63) is 60.0 Å². The lowest BCUT2D eigenvalue weighted by Gasteiger charge is -2.05. The zero-order chi connectivity index (χ0) is 15.0. The number of hydrogen-bond acceptors (Lipinski definition) is 4. The van der Waals surface area contributed by atoms with Crippen LogP contribution < -0.4 is 11.5 Å². The first-order chi connectivity index (χ1) is 10.1. The van der Waals surface area contributed by atoms with Gasteiger partial charge in [0.25, 0.3) is 11.8 Å². The lowest BCUT2D eigenvalue weighted by Crippen LogP contribution is -2.16. The zero-order valence-corrected chi connectivity index (χ0v) is 11.0. The monoisotopic (exact) mass is 280 g/mol. The summed E-state index contributed by atoms with van der Waals surface area (Å²) in [6, 6.07) is 10.1. The van der Waals surface area contributed by atoms with Crippen molar-refractivity contribution in [1.29, 1.82) is 0 Å². The van der Waals surface area contributed by atoms with Gasteiger partial charge in [-0.3, -0.25) is 19.1 Å². The minimum absolute atomic E-state index is 0.0526. The molecule has 0 aliphatic rings. The molecule has 2 heterocycles. The molecule has 1 aromatic carbocycles. The number of anilines is 1. The maximum absolute atomic E-state index is 12.5. The van der Waals surface area contributed by atoms with Crippen molar-refractivity contribution in [1.82, 2.24) is 9.55 Å². The Balaban J connectivity index is 2.10. The number of nitrogens with two attached hydrogens (primary N) is 2. The lowest BCUT2D eigenvalue weighted by atomic mass is 10.2. The Kier molecular flexibility index (Phi) is 2.91. The number of amides is 1. The molecule has 1 amide bonds. The van der Waals surface area contributed by atoms with Crippen LogP contribution in [0.5, 0.6) is 0 Å². The molecule has 6 heteroatoms. The topological polar surface area (TPSA) is 104 Å². The normalized spacial score (nSPS) is 10.7. The van der Waals surface area contributed by atoms with Gasteiger partial charge in [-0.05, 0) is 30.3 Å². The summed E-state index contributed by atoms with van der Waals surface area (Å²) in [4.78, 5) is 27.5. The van der Waals surface area contributed by atoms with E-state index < -0.39 is 5.91 Å². The molecule has 0 aliphatic carbocycles. The maximum atomic E-state index is 12.5. The highest BCUT2D eigenvalue weighted by atomic mass is 16.2. The molecule has 3 rings (SSSR count). The summed E-state index contributed by atoms with van der Waals surface area (Å²) in [6.45, 7) is 0. The summed E-state index contributed by atoms with van der Waals surface area (Å²) in [7, 11) is 0. The van der Waals surface area contributed by atoms with Crippen molar-refractivity contribution in [2.45, 2.75) is 0 Å². The third-order valence-corrected chi connectivity index (χ3v) is 3.20. The summed E-state index contributed by atoms with van der Waals surface area (Å²) in [5.41, 5.74) is 12.6. The van der Waals surface area contributed by atoms with Gasteiger partial charge in [0.05, 0.1) is 5.52 Å². The largest absolute Gasteiger partial charge is 0.399 e. The molecule has 0 aliphatic heterocycles. The number of carbonyl (C=O) groups is 2. The molecule has 0 unspecified atom stereocenters. The fourth-order valence-corrected chi connectivity index (χ4v) is 2.16. The van der Waals surface area contributed by atoms with E-state index >= 15 is 0 Å². The Bertz CT molecular complexity index is 867. The van der Waals surface area contributed by atoms with E-state index in [0.29, 0.717) is 16.8 Å². The average molecular weight is 280 g/mol. The maximum Gasteiger partial charge on any atom is 0.267 e. The predicted molar refractivity (Wildman–Crippen MR) is 78.8 cm³/mol. The number of pyridine rings is 1. The second-order valence-electron chi connectivity index (χ2n) is 4.60. The second-order valence-corrected chi connectivity index (χ2v) is 4.60. The highest BCUT2D eigenvalue weighted by molar-refractivity contribution is 6.03. The minimum Gasteiger partial charge on any atom is -0.399 e. The second kappa shape index (κ2) is 4.75. The summed E-state index contributed by atoms with van der Waals surface area (Å²) >= 11 is 0. The Morgan fingerprint density at radius 3 is 2.67 bits per heavy atom. The highest BCUT2D eigenvalue weighted by Gasteiger charge is 2.13. The average Bonchev–Trinajstić information content (AvgIpc) is 2.89. The van der Waals surface area contributed by atoms with Crippen LogP contribution in [0.25, 0.3) is 10.9 Å². The zero-order valence-electron chi connectivity index (χ0n) is 11.0. The number of primary amides is 1. The Morgan fingerprint density at radius 2 is 1.90 bits per heavy atom. The number of rotatable bonds is 2. The molecule has 0 spiro atoms. The molecule has 0 saturated carbocycles. The van der Waals surface area contributed by atoms with Crippen LogP contribution in [0.1, 0.15) is 20.8 Å². The first-order valence-corrected chi connectivity index (χ1v) is 6.23. The Morgan fingerprint density at radius 1 is 1.10 bits per heavy atom. The van der Waals surface area contributed by atoms with Crippen LogP contribution in [0.2, 0.25) is 0 Å². The Labute approximate surface area is 120 Å². The number of carbonyl (C=O) groups excluding carboxylic acids is 2. The van der Waals surface area contributed by atoms with Crippen LogP contribution in [0.3, 0.4) is 0 Å². The van der Waals surface area contributed by atoms with Crippen LogP contribution in [-0.2, 0) is 0 Å². The van der Waals surface area contributed by atoms with E-state index in [0.717, 1.165) is 5.39 Å². The standard InChI is InChI=1S/C15H12N4O2/c16-11-2-1-9-4-6-19(13(9)8-11)15(21)10-3-5-18-12(7-10)14(17)20/h1-8H,16H2,(H2,17,20). The van der Waals surface area contributed by atoms with E-state index in [4.69, 9.17) is 11.5 Å². The molecule has 0 bridgehead atoms. The van der Waals surface area contributed by atoms with E-state index in [2.05, 4.69) is 4.98 Å². The van der Waals surface area contributed by atoms with Gasteiger partial charge in [-0.2, -0.15) is 0 Å². The third-order valence-electron chi connectivity index (χ3n) is 3.20. The summed E-state index contributed by atoms with van der Waals surface area (Å²) in [5, 5.41) is 0.904. The molecular weight excluding hydrogens is 268 g/mol. The van der Waals surface area contributed by atoms with E-state index in [1.165, 1.54) is 22.9 Å². The molecule has 21 heavy (non-hydrogen) atoms. The molecule has 6 nitrogen and oxygen atoms in total. The molecule has 0 atom stereocenters. The van der Waals surface area contributed by atoms with Gasteiger partial charge in [0.1, 0.15) is 5.69 Å². The van der Waals surface area contributed by atoms with Gasteiger partial charge in [0.15, 0.2) is 0 Å². The summed E-state index contributed by atoms with van der Waals surface area (Å²) in [5.74, 6) is -0.952. The van der Waals surface area contributed by atoms with Crippen molar-refractivity contribution in [3.63, 3.8) is 0 Å². The third kappa shape index (κ3) is 2.23. The summed E-state index contributed by atoms with van der Waals surface area (Å²) < 4.78 is 1.48. The number of nitrogen functional groups attached to an aromatic ring is 1. The quantitative estimate of drug-likeness (QED) is 0.692. The molecular formula is C15H12N4O2. The van der Waals surface area contributed by atoms with Crippen molar-refractivity contribution < 1.29 is 9.59 Å². The number of aromatic nitrogens is 2. The lowest BCUT2D eigenvalue weighted by molar-refractivity contribution is 0.0965. The van der Waals surface area contributed by atoms with Crippen LogP contribution in [-0.4, -0.2) is 21.4 Å². The van der Waals surface area contributed by atoms with Gasteiger partial charge in [-0.15, -0.1) is 0 Å². The molecule has 0 saturated heterocycles. The summed E-state index contributed by atoms with van der Waals surface area (Å²) in [6.07, 6.45) is 3.05. The SMILES string of the molecule is NC(=O)c1cc(C(=O)n2ccc3ccc(N)cc32)ccn1. The fraction of sp³-hybridized carbons (Fsp3) is 0. The van der Waals surface area contributed by atoms with E-state index in [9.17, 15) is 9.59 Å². The van der Waals surface area contributed by atoms with Crippen molar-refractivity contribution in [2.24, 2.45) is 5.73 Å². The highest BCUT2D eigenvalue weighted by Crippen LogP contribution is 2.20. The van der Waals surface area contributed by atoms with Crippen LogP contribution in [0, 0.1) is 0 Å². The van der Waals surface area contributed by atoms with Gasteiger partial charge < -0.3 is 11.5 Å². The van der Waals surface area contributed by atoms with Crippen molar-refractivity contribution >= 4 is 28.4 Å².